The second kappa shape index (κ2) is 4.17. The van der Waals surface area contributed by atoms with Gasteiger partial charge in [-0.1, -0.05) is 0 Å². The number of hydroxylamine groups is 3. The van der Waals surface area contributed by atoms with E-state index in [0.717, 1.165) is 5.06 Å². The van der Waals surface area contributed by atoms with E-state index in [1.807, 2.05) is 0 Å². The molecule has 1 fully saturated rings. The number of amides is 2. The van der Waals surface area contributed by atoms with Crippen LogP contribution in [0.25, 0.3) is 0 Å². The Morgan fingerprint density at radius 1 is 1.92 bits per heavy atom. The number of nitrogens with one attached hydrogen (secondary N) is 1. The van der Waals surface area contributed by atoms with Crippen molar-refractivity contribution in [2.24, 2.45) is 5.73 Å². The highest BCUT2D eigenvalue weighted by molar-refractivity contribution is 5.87. The summed E-state index contributed by atoms with van der Waals surface area (Å²) in [5.74, 6) is -0.865. The van der Waals surface area contributed by atoms with Gasteiger partial charge in [-0.2, -0.15) is 0 Å². The largest absolute Gasteiger partial charge is 0.318 e. The van der Waals surface area contributed by atoms with E-state index >= 15 is 0 Å². The van der Waals surface area contributed by atoms with Gasteiger partial charge in [-0.3, -0.25) is 19.3 Å². The number of hydrogen-bond acceptors (Lipinski definition) is 5. The second-order valence-corrected chi connectivity index (χ2v) is 2.51. The number of nitrogens with two attached hydrogens (primary N) is 1. The van der Waals surface area contributed by atoms with Crippen molar-refractivity contribution in [3.63, 3.8) is 0 Å². The maximum atomic E-state index is 11.1. The first-order valence-electron chi connectivity index (χ1n) is 3.67. The van der Waals surface area contributed by atoms with Crippen molar-refractivity contribution in [2.75, 3.05) is 20.3 Å². The molecule has 7 heteroatoms. The molecule has 0 unspecified atom stereocenters. The molecule has 0 aliphatic carbocycles. The van der Waals surface area contributed by atoms with Gasteiger partial charge in [0.05, 0.1) is 13.7 Å². The molecule has 2 amide bonds. The van der Waals surface area contributed by atoms with Crippen LogP contribution in [0.4, 0.5) is 0 Å². The predicted octanol–water partition coefficient (Wildman–Crippen LogP) is -2.23. The third-order valence-electron chi connectivity index (χ3n) is 1.48. The molecule has 0 aromatic heterocycles. The fourth-order valence-electron chi connectivity index (χ4n) is 0.890. The van der Waals surface area contributed by atoms with E-state index in [9.17, 15) is 9.59 Å². The quantitative estimate of drug-likeness (QED) is 0.490. The third kappa shape index (κ3) is 2.38. The van der Waals surface area contributed by atoms with E-state index in [4.69, 9.17) is 10.6 Å². The number of nitrogens with zero attached hydrogens (tertiary/aromatic N) is 1. The maximum absolute atomic E-state index is 11.1. The minimum Gasteiger partial charge on any atom is -0.318 e. The van der Waals surface area contributed by atoms with Gasteiger partial charge < -0.3 is 5.73 Å². The van der Waals surface area contributed by atoms with Crippen molar-refractivity contribution in [2.45, 2.75) is 6.04 Å². The van der Waals surface area contributed by atoms with Crippen molar-refractivity contribution in [3.05, 3.63) is 0 Å². The molecule has 1 saturated heterocycles. The fraction of sp³-hybridized carbons (Fsp3) is 0.667. The Morgan fingerprint density at radius 3 is 3.08 bits per heavy atom. The Balaban J connectivity index is 2.38. The topological polar surface area (TPSA) is 93.9 Å². The van der Waals surface area contributed by atoms with Crippen LogP contribution in [0.1, 0.15) is 0 Å². The standard InChI is InChI=1S/C6H11N3O4/c1-12-8-5(10)2-9-6(11)4(7)3-13-9/h4H,2-3,7H2,1H3,(H,8,10)/t4-/m0/s1. The molecule has 0 aromatic carbocycles. The summed E-state index contributed by atoms with van der Waals surface area (Å²) in [5.41, 5.74) is 7.39. The average molecular weight is 189 g/mol. The number of rotatable bonds is 3. The molecule has 0 radical (unpaired) electrons. The fourth-order valence-corrected chi connectivity index (χ4v) is 0.890. The van der Waals surface area contributed by atoms with Crippen LogP contribution in [0.5, 0.6) is 0 Å². The summed E-state index contributed by atoms with van der Waals surface area (Å²) < 4.78 is 0. The van der Waals surface area contributed by atoms with E-state index in [1.165, 1.54) is 7.11 Å². The number of carbonyl (C=O) groups is 2. The van der Waals surface area contributed by atoms with Crippen molar-refractivity contribution in [3.8, 4) is 0 Å². The van der Waals surface area contributed by atoms with Crippen molar-refractivity contribution in [1.82, 2.24) is 10.5 Å². The van der Waals surface area contributed by atoms with Crippen molar-refractivity contribution in [1.29, 1.82) is 0 Å². The van der Waals surface area contributed by atoms with Gasteiger partial charge in [0.1, 0.15) is 12.6 Å². The first-order chi connectivity index (χ1) is 6.15. The summed E-state index contributed by atoms with van der Waals surface area (Å²) in [6, 6.07) is -0.671. The zero-order valence-electron chi connectivity index (χ0n) is 7.15. The zero-order chi connectivity index (χ0) is 9.84. The van der Waals surface area contributed by atoms with Crippen LogP contribution < -0.4 is 11.2 Å². The molecule has 3 N–H and O–H groups in total. The molecular weight excluding hydrogens is 178 g/mol. The van der Waals surface area contributed by atoms with Gasteiger partial charge in [-0.05, 0) is 0 Å². The lowest BCUT2D eigenvalue weighted by molar-refractivity contribution is -0.168. The zero-order valence-corrected chi connectivity index (χ0v) is 7.15. The van der Waals surface area contributed by atoms with E-state index in [-0.39, 0.29) is 13.2 Å². The summed E-state index contributed by atoms with van der Waals surface area (Å²) in [6.45, 7) is -0.0977. The van der Waals surface area contributed by atoms with E-state index in [2.05, 4.69) is 10.3 Å². The Hall–Kier alpha value is -1.18. The monoisotopic (exact) mass is 189 g/mol. The smallest absolute Gasteiger partial charge is 0.265 e. The molecule has 1 aliphatic heterocycles. The van der Waals surface area contributed by atoms with Crippen LogP contribution in [-0.4, -0.2) is 43.2 Å². The molecule has 0 spiro atoms. The van der Waals surface area contributed by atoms with Gasteiger partial charge in [0.2, 0.25) is 0 Å². The summed E-state index contributed by atoms with van der Waals surface area (Å²) in [7, 11) is 1.30. The molecule has 1 rings (SSSR count). The summed E-state index contributed by atoms with van der Waals surface area (Å²) in [5, 5.41) is 0.916. The molecule has 1 heterocycles. The Labute approximate surface area is 74.7 Å². The Morgan fingerprint density at radius 2 is 2.62 bits per heavy atom. The number of carbonyl (C=O) groups excluding carboxylic acids is 2. The molecule has 13 heavy (non-hydrogen) atoms. The third-order valence-corrected chi connectivity index (χ3v) is 1.48. The summed E-state index contributed by atoms with van der Waals surface area (Å²) in [4.78, 5) is 31.2. The summed E-state index contributed by atoms with van der Waals surface area (Å²) in [6.07, 6.45) is 0. The lowest BCUT2D eigenvalue weighted by atomic mass is 10.3. The SMILES string of the molecule is CONC(=O)CN1OC[C@H](N)C1=O. The van der Waals surface area contributed by atoms with Gasteiger partial charge in [0.15, 0.2) is 0 Å². The van der Waals surface area contributed by atoms with Crippen molar-refractivity contribution < 1.29 is 19.3 Å². The molecule has 0 aromatic rings. The molecule has 0 saturated carbocycles. The van der Waals surface area contributed by atoms with E-state index in [0.29, 0.717) is 0 Å². The lowest BCUT2D eigenvalue weighted by Gasteiger charge is -2.12. The van der Waals surface area contributed by atoms with E-state index < -0.39 is 17.9 Å². The van der Waals surface area contributed by atoms with Crippen LogP contribution in [-0.2, 0) is 19.3 Å². The molecule has 0 bridgehead atoms. The average Bonchev–Trinajstić information content (AvgIpc) is 2.37. The first kappa shape index (κ1) is 9.90. The van der Waals surface area contributed by atoms with Crippen molar-refractivity contribution >= 4 is 11.8 Å². The van der Waals surface area contributed by atoms with Gasteiger partial charge in [0.25, 0.3) is 11.8 Å². The predicted molar refractivity (Wildman–Crippen MR) is 40.8 cm³/mol. The molecule has 7 nitrogen and oxygen atoms in total. The number of hydrogen-bond donors (Lipinski definition) is 2. The van der Waals surface area contributed by atoms with E-state index in [1.54, 1.807) is 0 Å². The minimum atomic E-state index is -0.671. The van der Waals surface area contributed by atoms with Crippen LogP contribution >= 0.6 is 0 Å². The van der Waals surface area contributed by atoms with Gasteiger partial charge in [0, 0.05) is 0 Å². The summed E-state index contributed by atoms with van der Waals surface area (Å²) >= 11 is 0. The molecule has 74 valence electrons. The first-order valence-corrected chi connectivity index (χ1v) is 3.67. The molecular formula is C6H11N3O4. The normalized spacial score (nSPS) is 22.2. The van der Waals surface area contributed by atoms with Crippen LogP contribution in [0.15, 0.2) is 0 Å². The minimum absolute atomic E-state index is 0.110. The highest BCUT2D eigenvalue weighted by Gasteiger charge is 2.31. The highest BCUT2D eigenvalue weighted by atomic mass is 16.7. The van der Waals surface area contributed by atoms with Crippen LogP contribution in [0.3, 0.4) is 0 Å². The Kier molecular flexibility index (Phi) is 3.18. The molecule has 1 aliphatic rings. The second-order valence-electron chi connectivity index (χ2n) is 2.51. The Bertz CT molecular complexity index is 220. The van der Waals surface area contributed by atoms with Crippen LogP contribution in [0.2, 0.25) is 0 Å². The van der Waals surface area contributed by atoms with Gasteiger partial charge in [-0.25, -0.2) is 10.5 Å². The van der Waals surface area contributed by atoms with Gasteiger partial charge >= 0.3 is 0 Å². The van der Waals surface area contributed by atoms with Gasteiger partial charge in [-0.15, -0.1) is 0 Å². The highest BCUT2D eigenvalue weighted by Crippen LogP contribution is 2.04. The van der Waals surface area contributed by atoms with Crippen LogP contribution in [0, 0.1) is 0 Å². The lowest BCUT2D eigenvalue weighted by Crippen LogP contribution is -2.40. The molecule has 1 atom stereocenters. The maximum Gasteiger partial charge on any atom is 0.265 e.